The third-order valence-electron chi connectivity index (χ3n) is 2.75. The van der Waals surface area contributed by atoms with Crippen molar-refractivity contribution >= 4 is 6.08 Å². The van der Waals surface area contributed by atoms with E-state index in [0.29, 0.717) is 0 Å². The first-order valence-electron chi connectivity index (χ1n) is 6.92. The number of ether oxygens (including phenoxy) is 2. The van der Waals surface area contributed by atoms with Crippen molar-refractivity contribution in [2.75, 3.05) is 33.4 Å². The fourth-order valence-electron chi connectivity index (χ4n) is 1.76. The smallest absolute Gasteiger partial charge is 0.126 e. The van der Waals surface area contributed by atoms with Crippen LogP contribution in [0.4, 0.5) is 0 Å². The molecule has 3 heteroatoms. The minimum atomic E-state index is 0.764. The van der Waals surface area contributed by atoms with E-state index in [4.69, 9.17) is 9.47 Å². The Morgan fingerprint density at radius 3 is 2.74 bits per heavy atom. The first-order valence-corrected chi connectivity index (χ1v) is 6.92. The Labute approximate surface area is 116 Å². The molecule has 1 aromatic carbocycles. The Hall–Kier alpha value is -1.32. The number of unbranched alkanes of at least 4 members (excludes halogenated alkanes) is 1. The molecule has 0 unspecified atom stereocenters. The summed E-state index contributed by atoms with van der Waals surface area (Å²) in [6.45, 7) is 5.49. The minimum absolute atomic E-state index is 0.764. The van der Waals surface area contributed by atoms with Gasteiger partial charge in [0.15, 0.2) is 0 Å². The van der Waals surface area contributed by atoms with E-state index in [1.54, 1.807) is 7.11 Å². The lowest BCUT2D eigenvalue weighted by molar-refractivity contribution is 0.199. The summed E-state index contributed by atoms with van der Waals surface area (Å²) in [4.78, 5) is 0. The summed E-state index contributed by atoms with van der Waals surface area (Å²) in [5.74, 6) is 0.966. The first-order chi connectivity index (χ1) is 9.38. The van der Waals surface area contributed by atoms with E-state index < -0.39 is 0 Å². The second-order valence-electron chi connectivity index (χ2n) is 4.34. The lowest BCUT2D eigenvalue weighted by Gasteiger charge is -2.09. The van der Waals surface area contributed by atoms with E-state index in [2.05, 4.69) is 17.5 Å². The normalized spacial score (nSPS) is 11.1. The molecule has 1 rings (SSSR count). The van der Waals surface area contributed by atoms with E-state index in [9.17, 15) is 0 Å². The average molecular weight is 263 g/mol. The number of hydrogen-bond acceptors (Lipinski definition) is 3. The van der Waals surface area contributed by atoms with Crippen LogP contribution in [0.25, 0.3) is 6.08 Å². The van der Waals surface area contributed by atoms with Crippen LogP contribution in [0, 0.1) is 0 Å². The highest BCUT2D eigenvalue weighted by atomic mass is 16.5. The molecule has 1 N–H and O–H groups in total. The second-order valence-corrected chi connectivity index (χ2v) is 4.34. The molecule has 0 radical (unpaired) electrons. The van der Waals surface area contributed by atoms with Gasteiger partial charge in [-0.25, -0.2) is 0 Å². The molecular weight excluding hydrogens is 238 g/mol. The lowest BCUT2D eigenvalue weighted by atomic mass is 10.2. The van der Waals surface area contributed by atoms with Gasteiger partial charge in [-0.15, -0.1) is 0 Å². The molecule has 0 aliphatic carbocycles. The molecule has 0 heterocycles. The Kier molecular flexibility index (Phi) is 8.77. The van der Waals surface area contributed by atoms with Crippen molar-refractivity contribution in [1.29, 1.82) is 0 Å². The summed E-state index contributed by atoms with van der Waals surface area (Å²) in [5.41, 5.74) is 1.14. The van der Waals surface area contributed by atoms with Crippen LogP contribution < -0.4 is 10.1 Å². The third kappa shape index (κ3) is 6.99. The molecule has 0 spiro atoms. The standard InChI is InChI=1S/C16H25NO2/c1-3-8-15-9-4-5-10-16(15)19-13-7-6-11-17-12-14-18-2/h3-5,8-10,17H,6-7,11-14H2,1-2H3. The lowest BCUT2D eigenvalue weighted by Crippen LogP contribution is -2.20. The second kappa shape index (κ2) is 10.6. The Bertz CT molecular complexity index is 364. The third-order valence-corrected chi connectivity index (χ3v) is 2.75. The Balaban J connectivity index is 2.15. The molecule has 0 aliphatic rings. The van der Waals surface area contributed by atoms with Gasteiger partial charge in [0.2, 0.25) is 0 Å². The largest absolute Gasteiger partial charge is 0.493 e. The predicted molar refractivity (Wildman–Crippen MR) is 80.6 cm³/mol. The molecule has 106 valence electrons. The van der Waals surface area contributed by atoms with Crippen LogP contribution in [-0.2, 0) is 4.74 Å². The highest BCUT2D eigenvalue weighted by Crippen LogP contribution is 2.19. The maximum absolute atomic E-state index is 5.81. The van der Waals surface area contributed by atoms with Crippen LogP contribution in [0.1, 0.15) is 25.3 Å². The van der Waals surface area contributed by atoms with Crippen molar-refractivity contribution in [3.05, 3.63) is 35.9 Å². The Morgan fingerprint density at radius 1 is 1.11 bits per heavy atom. The van der Waals surface area contributed by atoms with Crippen LogP contribution in [0.15, 0.2) is 30.3 Å². The molecular formula is C16H25NO2. The number of rotatable bonds is 10. The van der Waals surface area contributed by atoms with E-state index in [-0.39, 0.29) is 0 Å². The molecule has 0 bridgehead atoms. The summed E-state index contributed by atoms with van der Waals surface area (Å²) < 4.78 is 10.8. The molecule has 3 nitrogen and oxygen atoms in total. The molecule has 1 aromatic rings. The van der Waals surface area contributed by atoms with Gasteiger partial charge in [0.25, 0.3) is 0 Å². The van der Waals surface area contributed by atoms with Crippen molar-refractivity contribution in [2.24, 2.45) is 0 Å². The highest BCUT2D eigenvalue weighted by molar-refractivity contribution is 5.56. The molecule has 0 amide bonds. The van der Waals surface area contributed by atoms with E-state index in [1.165, 1.54) is 0 Å². The van der Waals surface area contributed by atoms with Gasteiger partial charge in [-0.2, -0.15) is 0 Å². The maximum atomic E-state index is 5.81. The molecule has 0 aliphatic heterocycles. The SMILES string of the molecule is CC=Cc1ccccc1OCCCCNCCOC. The van der Waals surface area contributed by atoms with E-state index in [1.807, 2.05) is 31.2 Å². The van der Waals surface area contributed by atoms with Gasteiger partial charge in [-0.05, 0) is 32.4 Å². The molecule has 0 atom stereocenters. The van der Waals surface area contributed by atoms with Crippen LogP contribution in [0.2, 0.25) is 0 Å². The van der Waals surface area contributed by atoms with Gasteiger partial charge in [0.1, 0.15) is 5.75 Å². The van der Waals surface area contributed by atoms with Gasteiger partial charge < -0.3 is 14.8 Å². The van der Waals surface area contributed by atoms with Crippen LogP contribution >= 0.6 is 0 Å². The monoisotopic (exact) mass is 263 g/mol. The van der Waals surface area contributed by atoms with Gasteiger partial charge in [-0.3, -0.25) is 0 Å². The summed E-state index contributed by atoms with van der Waals surface area (Å²) in [5, 5.41) is 3.32. The summed E-state index contributed by atoms with van der Waals surface area (Å²) in [6, 6.07) is 8.13. The maximum Gasteiger partial charge on any atom is 0.126 e. The molecule has 0 saturated carbocycles. The van der Waals surface area contributed by atoms with E-state index >= 15 is 0 Å². The van der Waals surface area contributed by atoms with E-state index in [0.717, 1.165) is 50.5 Å². The quantitative estimate of drug-likeness (QED) is 0.658. The van der Waals surface area contributed by atoms with Gasteiger partial charge in [0.05, 0.1) is 13.2 Å². The molecule has 0 fully saturated rings. The minimum Gasteiger partial charge on any atom is -0.493 e. The topological polar surface area (TPSA) is 30.5 Å². The van der Waals surface area contributed by atoms with Crippen molar-refractivity contribution in [3.63, 3.8) is 0 Å². The van der Waals surface area contributed by atoms with Gasteiger partial charge >= 0.3 is 0 Å². The average Bonchev–Trinajstić information content (AvgIpc) is 2.44. The van der Waals surface area contributed by atoms with Crippen LogP contribution in [0.3, 0.4) is 0 Å². The zero-order valence-corrected chi connectivity index (χ0v) is 12.0. The molecule has 0 aromatic heterocycles. The van der Waals surface area contributed by atoms with Crippen molar-refractivity contribution < 1.29 is 9.47 Å². The first kappa shape index (κ1) is 15.7. The van der Waals surface area contributed by atoms with Crippen molar-refractivity contribution in [1.82, 2.24) is 5.32 Å². The predicted octanol–water partition coefficient (Wildman–Crippen LogP) is 3.11. The van der Waals surface area contributed by atoms with Crippen molar-refractivity contribution in [2.45, 2.75) is 19.8 Å². The number of methoxy groups -OCH3 is 1. The zero-order valence-electron chi connectivity index (χ0n) is 12.0. The zero-order chi connectivity index (χ0) is 13.8. The Morgan fingerprint density at radius 2 is 1.95 bits per heavy atom. The number of para-hydroxylation sites is 1. The van der Waals surface area contributed by atoms with Crippen LogP contribution in [-0.4, -0.2) is 33.4 Å². The fourth-order valence-corrected chi connectivity index (χ4v) is 1.76. The number of allylic oxidation sites excluding steroid dienone is 1. The summed E-state index contributed by atoms with van der Waals surface area (Å²) in [6.07, 6.45) is 6.28. The van der Waals surface area contributed by atoms with Crippen molar-refractivity contribution in [3.8, 4) is 5.75 Å². The summed E-state index contributed by atoms with van der Waals surface area (Å²) >= 11 is 0. The summed E-state index contributed by atoms with van der Waals surface area (Å²) in [7, 11) is 1.72. The van der Waals surface area contributed by atoms with Gasteiger partial charge in [-0.1, -0.05) is 30.4 Å². The highest BCUT2D eigenvalue weighted by Gasteiger charge is 1.98. The number of hydrogen-bond donors (Lipinski definition) is 1. The number of benzene rings is 1. The van der Waals surface area contributed by atoms with Crippen LogP contribution in [0.5, 0.6) is 5.75 Å². The molecule has 0 saturated heterocycles. The number of nitrogens with one attached hydrogen (secondary N) is 1. The molecule has 19 heavy (non-hydrogen) atoms. The fraction of sp³-hybridized carbons (Fsp3) is 0.500. The van der Waals surface area contributed by atoms with Gasteiger partial charge in [0, 0.05) is 19.2 Å².